The summed E-state index contributed by atoms with van der Waals surface area (Å²) < 4.78 is 5.23. The summed E-state index contributed by atoms with van der Waals surface area (Å²) in [5, 5.41) is 6.58. The number of hydrogen-bond acceptors (Lipinski definition) is 5. The fourth-order valence-corrected chi connectivity index (χ4v) is 2.34. The van der Waals surface area contributed by atoms with Crippen molar-refractivity contribution < 1.29 is 4.52 Å². The van der Waals surface area contributed by atoms with Gasteiger partial charge in [0.2, 0.25) is 0 Å². The van der Waals surface area contributed by atoms with E-state index < -0.39 is 0 Å². The molecule has 0 spiro atoms. The van der Waals surface area contributed by atoms with Crippen LogP contribution in [0.1, 0.15) is 11.4 Å². The molecule has 0 unspecified atom stereocenters. The first-order valence-corrected chi connectivity index (χ1v) is 6.41. The molecule has 2 heterocycles. The van der Waals surface area contributed by atoms with Gasteiger partial charge < -0.3 is 10.3 Å². The van der Waals surface area contributed by atoms with E-state index in [9.17, 15) is 0 Å². The van der Waals surface area contributed by atoms with Gasteiger partial charge in [-0.05, 0) is 17.0 Å². The highest BCUT2D eigenvalue weighted by Crippen LogP contribution is 2.29. The van der Waals surface area contributed by atoms with Gasteiger partial charge in [-0.1, -0.05) is 35.5 Å². The molecule has 0 aliphatic rings. The molecule has 5 heteroatoms. The second-order valence-electron chi connectivity index (χ2n) is 3.88. The summed E-state index contributed by atoms with van der Waals surface area (Å²) >= 11 is 1.46. The molecular weight excluding hydrogens is 246 g/mol. The zero-order valence-corrected chi connectivity index (χ0v) is 10.4. The van der Waals surface area contributed by atoms with Gasteiger partial charge in [-0.2, -0.15) is 4.98 Å². The van der Waals surface area contributed by atoms with Crippen LogP contribution in [0.4, 0.5) is 5.00 Å². The van der Waals surface area contributed by atoms with Crippen LogP contribution in [0.25, 0.3) is 11.5 Å². The van der Waals surface area contributed by atoms with Crippen molar-refractivity contribution in [2.24, 2.45) is 0 Å². The van der Waals surface area contributed by atoms with Crippen molar-refractivity contribution in [2.45, 2.75) is 6.42 Å². The predicted molar refractivity (Wildman–Crippen MR) is 71.3 cm³/mol. The number of anilines is 1. The van der Waals surface area contributed by atoms with Gasteiger partial charge >= 0.3 is 0 Å². The van der Waals surface area contributed by atoms with E-state index in [1.54, 1.807) is 0 Å². The van der Waals surface area contributed by atoms with Gasteiger partial charge in [-0.3, -0.25) is 0 Å². The Kier molecular flexibility index (Phi) is 2.82. The fourth-order valence-electron chi connectivity index (χ4n) is 1.71. The lowest BCUT2D eigenvalue weighted by atomic mass is 10.1. The zero-order chi connectivity index (χ0) is 12.4. The van der Waals surface area contributed by atoms with Gasteiger partial charge in [0.25, 0.3) is 5.89 Å². The number of nitrogens with zero attached hydrogens (tertiary/aromatic N) is 2. The molecule has 3 rings (SSSR count). The van der Waals surface area contributed by atoms with Crippen molar-refractivity contribution in [1.29, 1.82) is 0 Å². The van der Waals surface area contributed by atoms with E-state index in [0.29, 0.717) is 23.1 Å². The Labute approximate surface area is 108 Å². The fraction of sp³-hybridized carbons (Fsp3) is 0.0769. The molecule has 0 saturated carbocycles. The molecule has 90 valence electrons. The molecule has 18 heavy (non-hydrogen) atoms. The topological polar surface area (TPSA) is 64.9 Å². The van der Waals surface area contributed by atoms with Crippen molar-refractivity contribution in [3.8, 4) is 11.5 Å². The van der Waals surface area contributed by atoms with Crippen LogP contribution in [-0.4, -0.2) is 10.1 Å². The standard InChI is InChI=1S/C13H11N3OS/c14-12-10(6-7-18-12)13-15-11(16-17-13)8-9-4-2-1-3-5-9/h1-7H,8,14H2. The molecule has 0 bridgehead atoms. The van der Waals surface area contributed by atoms with Crippen LogP contribution >= 0.6 is 11.3 Å². The first kappa shape index (κ1) is 11.0. The Hall–Kier alpha value is -2.14. The lowest BCUT2D eigenvalue weighted by Crippen LogP contribution is -1.90. The van der Waals surface area contributed by atoms with E-state index in [1.165, 1.54) is 11.3 Å². The van der Waals surface area contributed by atoms with Crippen LogP contribution in [0.15, 0.2) is 46.3 Å². The van der Waals surface area contributed by atoms with Crippen molar-refractivity contribution in [1.82, 2.24) is 10.1 Å². The molecule has 3 aromatic rings. The van der Waals surface area contributed by atoms with Crippen LogP contribution < -0.4 is 5.73 Å². The van der Waals surface area contributed by atoms with E-state index in [-0.39, 0.29) is 0 Å². The SMILES string of the molecule is Nc1sccc1-c1nc(Cc2ccccc2)no1. The normalized spacial score (nSPS) is 10.7. The average Bonchev–Trinajstić information content (AvgIpc) is 2.99. The molecule has 2 aromatic heterocycles. The van der Waals surface area contributed by atoms with Gasteiger partial charge in [0, 0.05) is 6.42 Å². The van der Waals surface area contributed by atoms with Crippen molar-refractivity contribution in [3.05, 3.63) is 53.2 Å². The first-order valence-electron chi connectivity index (χ1n) is 5.53. The Morgan fingerprint density at radius 1 is 1.17 bits per heavy atom. The lowest BCUT2D eigenvalue weighted by molar-refractivity contribution is 0.424. The van der Waals surface area contributed by atoms with Gasteiger partial charge in [-0.15, -0.1) is 11.3 Å². The largest absolute Gasteiger partial charge is 0.390 e. The minimum absolute atomic E-state index is 0.486. The quantitative estimate of drug-likeness (QED) is 0.783. The summed E-state index contributed by atoms with van der Waals surface area (Å²) in [6.07, 6.45) is 0.661. The molecule has 0 amide bonds. The number of nitrogen functional groups attached to an aromatic ring is 1. The Morgan fingerprint density at radius 3 is 2.72 bits per heavy atom. The van der Waals surface area contributed by atoms with Crippen LogP contribution in [-0.2, 0) is 6.42 Å². The molecule has 0 radical (unpaired) electrons. The monoisotopic (exact) mass is 257 g/mol. The van der Waals surface area contributed by atoms with Gasteiger partial charge in [-0.25, -0.2) is 0 Å². The number of benzene rings is 1. The summed E-state index contributed by atoms with van der Waals surface area (Å²) in [6.45, 7) is 0. The summed E-state index contributed by atoms with van der Waals surface area (Å²) in [5.74, 6) is 1.15. The predicted octanol–water partition coefficient (Wildman–Crippen LogP) is 2.97. The van der Waals surface area contributed by atoms with Crippen LogP contribution in [0.2, 0.25) is 0 Å². The Balaban J connectivity index is 1.84. The molecule has 0 aliphatic heterocycles. The van der Waals surface area contributed by atoms with E-state index >= 15 is 0 Å². The number of rotatable bonds is 3. The van der Waals surface area contributed by atoms with Gasteiger partial charge in [0.1, 0.15) is 0 Å². The Bertz CT molecular complexity index is 645. The highest BCUT2D eigenvalue weighted by Gasteiger charge is 2.12. The molecule has 0 saturated heterocycles. The number of aromatic nitrogens is 2. The van der Waals surface area contributed by atoms with Gasteiger partial charge in [0.05, 0.1) is 10.6 Å². The summed E-state index contributed by atoms with van der Waals surface area (Å²) in [6, 6.07) is 11.9. The molecule has 0 fully saturated rings. The minimum atomic E-state index is 0.486. The second-order valence-corrected chi connectivity index (χ2v) is 4.82. The number of hydrogen-bond donors (Lipinski definition) is 1. The third-order valence-electron chi connectivity index (χ3n) is 2.60. The van der Waals surface area contributed by atoms with Crippen molar-refractivity contribution in [3.63, 3.8) is 0 Å². The molecule has 4 nitrogen and oxygen atoms in total. The molecule has 2 N–H and O–H groups in total. The Morgan fingerprint density at radius 2 is 2.00 bits per heavy atom. The van der Waals surface area contributed by atoms with Gasteiger partial charge in [0.15, 0.2) is 5.82 Å². The van der Waals surface area contributed by atoms with Crippen LogP contribution in [0.3, 0.4) is 0 Å². The molecule has 0 aliphatic carbocycles. The van der Waals surface area contributed by atoms with Crippen LogP contribution in [0, 0.1) is 0 Å². The lowest BCUT2D eigenvalue weighted by Gasteiger charge is -1.94. The number of nitrogens with two attached hydrogens (primary N) is 1. The van der Waals surface area contributed by atoms with E-state index in [2.05, 4.69) is 10.1 Å². The third kappa shape index (κ3) is 2.12. The second kappa shape index (κ2) is 4.62. The maximum Gasteiger partial charge on any atom is 0.260 e. The molecule has 0 atom stereocenters. The maximum absolute atomic E-state index is 5.83. The number of thiophene rings is 1. The highest BCUT2D eigenvalue weighted by molar-refractivity contribution is 7.14. The summed E-state index contributed by atoms with van der Waals surface area (Å²) in [7, 11) is 0. The average molecular weight is 257 g/mol. The van der Waals surface area contributed by atoms with Crippen molar-refractivity contribution in [2.75, 3.05) is 5.73 Å². The van der Waals surface area contributed by atoms with Crippen LogP contribution in [0.5, 0.6) is 0 Å². The van der Waals surface area contributed by atoms with E-state index in [1.807, 2.05) is 41.8 Å². The zero-order valence-electron chi connectivity index (χ0n) is 9.54. The molecular formula is C13H11N3OS. The maximum atomic E-state index is 5.83. The first-order chi connectivity index (χ1) is 8.83. The smallest absolute Gasteiger partial charge is 0.260 e. The summed E-state index contributed by atoms with van der Waals surface area (Å²) in [5.41, 5.74) is 7.79. The van der Waals surface area contributed by atoms with E-state index in [0.717, 1.165) is 11.1 Å². The van der Waals surface area contributed by atoms with Crippen molar-refractivity contribution >= 4 is 16.3 Å². The third-order valence-corrected chi connectivity index (χ3v) is 3.34. The summed E-state index contributed by atoms with van der Waals surface area (Å²) in [4.78, 5) is 4.36. The highest BCUT2D eigenvalue weighted by atomic mass is 32.1. The molecule has 1 aromatic carbocycles. The minimum Gasteiger partial charge on any atom is -0.390 e. The van der Waals surface area contributed by atoms with E-state index in [4.69, 9.17) is 10.3 Å².